The molecule has 0 spiro atoms. The number of phenols is 1. The third-order valence-electron chi connectivity index (χ3n) is 2.17. The molecule has 0 amide bonds. The zero-order valence-corrected chi connectivity index (χ0v) is 22.5. The van der Waals surface area contributed by atoms with Crippen LogP contribution in [0.4, 0.5) is 0 Å². The minimum absolute atomic E-state index is 0. The van der Waals surface area contributed by atoms with Crippen molar-refractivity contribution in [2.45, 2.75) is 33.1 Å². The Labute approximate surface area is 179 Å². The number of carbonyl (C=O) groups excluding carboxylic acids is 1. The Kier molecular flexibility index (Phi) is 24.2. The van der Waals surface area contributed by atoms with Crippen LogP contribution in [0.25, 0.3) is 0 Å². The molecule has 0 fully saturated rings. The Hall–Kier alpha value is 0.774. The molecule has 0 heterocycles. The van der Waals surface area contributed by atoms with Crippen LogP contribution in [0.3, 0.4) is 0 Å². The molecule has 0 unspecified atom stereocenters. The van der Waals surface area contributed by atoms with Gasteiger partial charge in [-0.2, -0.15) is 6.07 Å². The van der Waals surface area contributed by atoms with Crippen molar-refractivity contribution in [3.05, 3.63) is 36.2 Å². The van der Waals surface area contributed by atoms with Gasteiger partial charge in [0.2, 0.25) is 0 Å². The fraction of sp³-hybridized carbons (Fsp3) is 0.579. The molecule has 0 aliphatic carbocycles. The Balaban J connectivity index is -0.000000168. The SMILES string of the molecule is CP(C)C.CP(C)C.Cc1cc([C-]=O)c(O)c(C(C)(C)C)c1.[CH3-].[Ni][I]. The fourth-order valence-electron chi connectivity index (χ4n) is 1.43. The average molecular weight is 544 g/mol. The van der Waals surface area contributed by atoms with Crippen molar-refractivity contribution in [3.63, 3.8) is 0 Å². The van der Waals surface area contributed by atoms with Crippen LogP contribution in [0.2, 0.25) is 0 Å². The van der Waals surface area contributed by atoms with Gasteiger partial charge in [-0.3, -0.25) is 0 Å². The van der Waals surface area contributed by atoms with Gasteiger partial charge >= 0.3 is 32.8 Å². The summed E-state index contributed by atoms with van der Waals surface area (Å²) < 4.78 is 0. The predicted molar refractivity (Wildman–Crippen MR) is 126 cm³/mol. The Bertz CT molecular complexity index is 448. The van der Waals surface area contributed by atoms with Crippen LogP contribution in [-0.4, -0.2) is 51.4 Å². The van der Waals surface area contributed by atoms with E-state index in [0.717, 1.165) is 11.1 Å². The summed E-state index contributed by atoms with van der Waals surface area (Å²) in [5, 5.41) is 9.79. The average Bonchev–Trinajstić information content (AvgIpc) is 2.40. The number of benzene rings is 1. The van der Waals surface area contributed by atoms with E-state index >= 15 is 0 Å². The van der Waals surface area contributed by atoms with Gasteiger partial charge in [-0.1, -0.05) is 39.3 Å². The van der Waals surface area contributed by atoms with E-state index in [1.165, 1.54) is 0 Å². The summed E-state index contributed by atoms with van der Waals surface area (Å²) in [6, 6.07) is 3.54. The Morgan fingerprint density at radius 1 is 1.00 bits per heavy atom. The predicted octanol–water partition coefficient (Wildman–Crippen LogP) is 6.50. The van der Waals surface area contributed by atoms with Gasteiger partial charge in [0.25, 0.3) is 0 Å². The van der Waals surface area contributed by atoms with Gasteiger partial charge in [0.1, 0.15) is 0 Å². The molecule has 0 aliphatic heterocycles. The molecule has 1 N–H and O–H groups in total. The maximum atomic E-state index is 10.6. The summed E-state index contributed by atoms with van der Waals surface area (Å²) in [5.74, 6) is 0.0538. The van der Waals surface area contributed by atoms with Crippen LogP contribution < -0.4 is 0 Å². The molecule has 0 aromatic heterocycles. The van der Waals surface area contributed by atoms with E-state index in [1.54, 1.807) is 32.8 Å². The van der Waals surface area contributed by atoms with Gasteiger partial charge < -0.3 is 17.3 Å². The molecule has 0 radical (unpaired) electrons. The van der Waals surface area contributed by atoms with Gasteiger partial charge in [0, 0.05) is 5.75 Å². The summed E-state index contributed by atoms with van der Waals surface area (Å²) in [6.07, 6.45) is 1.75. The molecule has 6 heteroatoms. The molecule has 25 heavy (non-hydrogen) atoms. The molecule has 0 saturated carbocycles. The molecule has 1 aromatic rings. The molecule has 1 aromatic carbocycles. The van der Waals surface area contributed by atoms with E-state index in [1.807, 2.05) is 33.8 Å². The normalized spacial score (nSPS) is 9.56. The van der Waals surface area contributed by atoms with Gasteiger partial charge in [-0.15, -0.1) is 27.0 Å². The number of aromatic hydroxyl groups is 1. The van der Waals surface area contributed by atoms with Crippen LogP contribution >= 0.6 is 36.3 Å². The molecule has 0 bridgehead atoms. The zero-order valence-electron chi connectivity index (χ0n) is 17.6. The summed E-state index contributed by atoms with van der Waals surface area (Å²) >= 11 is 5.62. The second-order valence-corrected chi connectivity index (χ2v) is 12.6. The summed E-state index contributed by atoms with van der Waals surface area (Å²) in [4.78, 5) is 10.6. The second-order valence-electron chi connectivity index (χ2n) is 7.24. The molecule has 153 valence electrons. The van der Waals surface area contributed by atoms with E-state index in [9.17, 15) is 9.90 Å². The van der Waals surface area contributed by atoms with E-state index < -0.39 is 0 Å². The molecule has 0 aliphatic rings. The van der Waals surface area contributed by atoms with Crippen molar-refractivity contribution in [1.29, 1.82) is 0 Å². The third kappa shape index (κ3) is 20.9. The van der Waals surface area contributed by atoms with Crippen LogP contribution in [0.5, 0.6) is 5.75 Å². The summed E-state index contributed by atoms with van der Waals surface area (Å²) in [6.45, 7) is 21.3. The van der Waals surface area contributed by atoms with E-state index in [0.29, 0.717) is 15.8 Å². The van der Waals surface area contributed by atoms with Crippen molar-refractivity contribution in [1.82, 2.24) is 0 Å². The Morgan fingerprint density at radius 3 is 1.56 bits per heavy atom. The van der Waals surface area contributed by atoms with Gasteiger partial charge in [0.05, 0.1) is 6.29 Å². The third-order valence-corrected chi connectivity index (χ3v) is 2.17. The van der Waals surface area contributed by atoms with Crippen molar-refractivity contribution in [2.24, 2.45) is 0 Å². The standard InChI is InChI=1S/C12H15O2.2C3H9P.CH3.HI.Ni/c1-8-5-9(7-13)11(14)10(6-8)12(2,3)4;2*1-4(2)3;;;/h5-6,14H,1-4H3;2*1-3H3;1H3;1H;/q-1;;;-1;;+1/p-1. The summed E-state index contributed by atoms with van der Waals surface area (Å²) in [7, 11) is 0.759. The first-order valence-corrected chi connectivity index (χ1v) is 15.9. The Morgan fingerprint density at radius 2 is 1.32 bits per heavy atom. The maximum absolute atomic E-state index is 10.6. The first kappa shape index (κ1) is 33.4. The van der Waals surface area contributed by atoms with E-state index in [-0.39, 0.29) is 24.2 Å². The molecular formula is C19H36INiO2P2-2. The molecule has 0 saturated heterocycles. The first-order chi connectivity index (χ1) is 10.8. The van der Waals surface area contributed by atoms with Gasteiger partial charge in [0.15, 0.2) is 0 Å². The van der Waals surface area contributed by atoms with Crippen LogP contribution in [0, 0.1) is 14.4 Å². The molecule has 0 atom stereocenters. The van der Waals surface area contributed by atoms with Crippen molar-refractivity contribution < 1.29 is 22.2 Å². The van der Waals surface area contributed by atoms with Crippen molar-refractivity contribution in [3.8, 4) is 5.75 Å². The number of hydrogen-bond donors (Lipinski definition) is 1. The number of phenolic OH excluding ortho intramolecular Hbond substituents is 1. The van der Waals surface area contributed by atoms with Gasteiger partial charge in [-0.25, -0.2) is 0 Å². The quantitative estimate of drug-likeness (QED) is 0.190. The van der Waals surface area contributed by atoms with Crippen molar-refractivity contribution >= 4 is 42.6 Å². The van der Waals surface area contributed by atoms with Crippen molar-refractivity contribution in [2.75, 3.05) is 40.0 Å². The number of halogens is 1. The molecule has 1 rings (SSSR count). The van der Waals surface area contributed by atoms with Crippen LogP contribution in [0.1, 0.15) is 37.5 Å². The zero-order chi connectivity index (χ0) is 20.1. The first-order valence-electron chi connectivity index (χ1n) is 7.39. The van der Waals surface area contributed by atoms with Gasteiger partial charge in [-0.05, 0) is 45.4 Å². The van der Waals surface area contributed by atoms with Crippen LogP contribution in [-0.2, 0) is 22.5 Å². The van der Waals surface area contributed by atoms with E-state index in [4.69, 9.17) is 0 Å². The van der Waals surface area contributed by atoms with E-state index in [2.05, 4.69) is 52.3 Å². The topological polar surface area (TPSA) is 37.3 Å². The summed E-state index contributed by atoms with van der Waals surface area (Å²) in [5.41, 5.74) is 1.83. The fourth-order valence-corrected chi connectivity index (χ4v) is 1.43. The number of hydrogen-bond acceptors (Lipinski definition) is 2. The number of aryl methyl sites for hydroxylation is 1. The molecule has 2 nitrogen and oxygen atoms in total. The molecular weight excluding hydrogens is 508 g/mol. The minimum atomic E-state index is -0.165. The van der Waals surface area contributed by atoms with Crippen LogP contribution in [0.15, 0.2) is 12.1 Å². The number of rotatable bonds is 1. The second kappa shape index (κ2) is 18.2. The monoisotopic (exact) mass is 543 g/mol.